The van der Waals surface area contributed by atoms with E-state index in [1.165, 1.54) is 35.1 Å². The minimum absolute atomic E-state index is 0.197. The Morgan fingerprint density at radius 1 is 0.839 bits per heavy atom. The molecular weight excluding hydrogens is 374 g/mol. The SMILES string of the molecule is C=C(C)C[C@](C)(NC(=C)C)c1cccc(-c2cccc(C)c2)c1.CC.CC.CCCC. The van der Waals surface area contributed by atoms with Crippen LogP contribution in [0.2, 0.25) is 0 Å². The highest BCUT2D eigenvalue weighted by atomic mass is 15.0. The molecular formula is C30H49N. The van der Waals surface area contributed by atoms with E-state index in [4.69, 9.17) is 0 Å². The van der Waals surface area contributed by atoms with Gasteiger partial charge in [-0.15, -0.1) is 6.58 Å². The minimum Gasteiger partial charge on any atom is -0.379 e. The highest BCUT2D eigenvalue weighted by molar-refractivity contribution is 5.65. The van der Waals surface area contributed by atoms with Gasteiger partial charge in [-0.05, 0) is 56.9 Å². The van der Waals surface area contributed by atoms with Gasteiger partial charge in [0.2, 0.25) is 0 Å². The molecule has 1 heteroatoms. The fourth-order valence-electron chi connectivity index (χ4n) is 3.16. The molecule has 2 aromatic rings. The second-order valence-electron chi connectivity index (χ2n) is 7.82. The van der Waals surface area contributed by atoms with Crippen molar-refractivity contribution in [2.45, 2.75) is 94.0 Å². The molecule has 0 aliphatic heterocycles. The summed E-state index contributed by atoms with van der Waals surface area (Å²) in [6.45, 7) is 28.9. The van der Waals surface area contributed by atoms with E-state index in [1.807, 2.05) is 34.6 Å². The summed E-state index contributed by atoms with van der Waals surface area (Å²) in [4.78, 5) is 0. The lowest BCUT2D eigenvalue weighted by Gasteiger charge is -2.33. The van der Waals surface area contributed by atoms with Crippen molar-refractivity contribution in [3.8, 4) is 11.1 Å². The van der Waals surface area contributed by atoms with Crippen LogP contribution >= 0.6 is 0 Å². The Kier molecular flexibility index (Phi) is 17.4. The number of hydrogen-bond donors (Lipinski definition) is 1. The summed E-state index contributed by atoms with van der Waals surface area (Å²) in [6, 6.07) is 17.4. The number of unbranched alkanes of at least 4 members (excludes halogenated alkanes) is 1. The molecule has 0 spiro atoms. The van der Waals surface area contributed by atoms with Gasteiger partial charge in [0.05, 0.1) is 5.54 Å². The van der Waals surface area contributed by atoms with Gasteiger partial charge in [-0.3, -0.25) is 0 Å². The molecule has 0 heterocycles. The van der Waals surface area contributed by atoms with Crippen LogP contribution in [0.15, 0.2) is 73.0 Å². The second kappa shape index (κ2) is 17.4. The molecule has 1 atom stereocenters. The van der Waals surface area contributed by atoms with Crippen LogP contribution < -0.4 is 5.32 Å². The van der Waals surface area contributed by atoms with E-state index in [1.54, 1.807) is 0 Å². The van der Waals surface area contributed by atoms with Gasteiger partial charge in [-0.2, -0.15) is 0 Å². The van der Waals surface area contributed by atoms with Crippen LogP contribution in [-0.2, 0) is 5.54 Å². The number of aryl methyl sites for hydroxylation is 1. The molecule has 0 saturated heterocycles. The molecule has 0 radical (unpaired) electrons. The summed E-state index contributed by atoms with van der Waals surface area (Å²) < 4.78 is 0. The standard InChI is InChI=1S/C22H27N.C4H10.2C2H6/c1-16(2)15-22(6,23-17(3)4)21-12-8-11-20(14-21)19-10-7-9-18(5)13-19;1-3-4-2;2*1-2/h7-14,23H,1,3,15H2,2,4-6H3;3-4H2,1-2H3;2*1-2H3/t22-;;;/m0.../s1. The van der Waals surface area contributed by atoms with Crippen molar-refractivity contribution in [1.82, 2.24) is 5.32 Å². The van der Waals surface area contributed by atoms with E-state index >= 15 is 0 Å². The molecule has 0 amide bonds. The van der Waals surface area contributed by atoms with Gasteiger partial charge in [-0.25, -0.2) is 0 Å². The lowest BCUT2D eigenvalue weighted by atomic mass is 9.84. The predicted octanol–water partition coefficient (Wildman–Crippen LogP) is 9.83. The Morgan fingerprint density at radius 2 is 1.32 bits per heavy atom. The topological polar surface area (TPSA) is 12.0 Å². The van der Waals surface area contributed by atoms with Crippen LogP contribution in [0.5, 0.6) is 0 Å². The van der Waals surface area contributed by atoms with Crippen molar-refractivity contribution in [2.75, 3.05) is 0 Å². The van der Waals surface area contributed by atoms with Gasteiger partial charge in [-0.1, -0.05) is 115 Å². The van der Waals surface area contributed by atoms with E-state index in [0.29, 0.717) is 0 Å². The summed E-state index contributed by atoms with van der Waals surface area (Å²) in [5, 5.41) is 3.54. The first-order valence-corrected chi connectivity index (χ1v) is 12.0. The first-order chi connectivity index (χ1) is 14.7. The Balaban J connectivity index is 0. The normalized spacial score (nSPS) is 11.2. The zero-order chi connectivity index (χ0) is 24.4. The Hall–Kier alpha value is -2.28. The number of hydrogen-bond acceptors (Lipinski definition) is 1. The third-order valence-electron chi connectivity index (χ3n) is 4.50. The second-order valence-corrected chi connectivity index (χ2v) is 7.82. The van der Waals surface area contributed by atoms with Gasteiger partial charge in [0.15, 0.2) is 0 Å². The van der Waals surface area contributed by atoms with E-state index < -0.39 is 0 Å². The molecule has 174 valence electrons. The molecule has 2 rings (SSSR count). The van der Waals surface area contributed by atoms with Gasteiger partial charge in [0.25, 0.3) is 0 Å². The number of nitrogens with one attached hydrogen (secondary N) is 1. The molecule has 0 aliphatic carbocycles. The van der Waals surface area contributed by atoms with Crippen molar-refractivity contribution in [3.05, 3.63) is 84.1 Å². The summed E-state index contributed by atoms with van der Waals surface area (Å²) in [5.41, 5.74) is 6.94. The summed E-state index contributed by atoms with van der Waals surface area (Å²) in [6.07, 6.45) is 3.51. The Morgan fingerprint density at radius 3 is 1.74 bits per heavy atom. The molecule has 1 N–H and O–H groups in total. The molecule has 0 fully saturated rings. The molecule has 0 unspecified atom stereocenters. The molecule has 0 aliphatic rings. The summed E-state index contributed by atoms with van der Waals surface area (Å²) >= 11 is 0. The molecule has 0 bridgehead atoms. The average molecular weight is 424 g/mol. The van der Waals surface area contributed by atoms with Crippen molar-refractivity contribution in [3.63, 3.8) is 0 Å². The zero-order valence-corrected chi connectivity index (χ0v) is 22.2. The lowest BCUT2D eigenvalue weighted by molar-refractivity contribution is 0.401. The van der Waals surface area contributed by atoms with Crippen LogP contribution in [0.1, 0.15) is 92.7 Å². The quantitative estimate of drug-likeness (QED) is 0.437. The van der Waals surface area contributed by atoms with Gasteiger partial charge >= 0.3 is 0 Å². The molecule has 31 heavy (non-hydrogen) atoms. The van der Waals surface area contributed by atoms with Crippen LogP contribution in [-0.4, -0.2) is 0 Å². The minimum atomic E-state index is -0.197. The molecule has 0 saturated carbocycles. The molecule has 2 aromatic carbocycles. The fourth-order valence-corrected chi connectivity index (χ4v) is 3.16. The summed E-state index contributed by atoms with van der Waals surface area (Å²) in [7, 11) is 0. The predicted molar refractivity (Wildman–Crippen MR) is 145 cm³/mol. The van der Waals surface area contributed by atoms with Crippen LogP contribution in [0.3, 0.4) is 0 Å². The molecule has 1 nitrogen and oxygen atoms in total. The number of allylic oxidation sites excluding steroid dienone is 1. The largest absolute Gasteiger partial charge is 0.379 e. The van der Waals surface area contributed by atoms with E-state index in [9.17, 15) is 0 Å². The lowest BCUT2D eigenvalue weighted by Crippen LogP contribution is -2.38. The van der Waals surface area contributed by atoms with Crippen LogP contribution in [0.25, 0.3) is 11.1 Å². The maximum Gasteiger partial charge on any atom is 0.0630 e. The fraction of sp³-hybridized carbons (Fsp3) is 0.467. The zero-order valence-electron chi connectivity index (χ0n) is 22.2. The Bertz CT molecular complexity index is 737. The van der Waals surface area contributed by atoms with Crippen molar-refractivity contribution >= 4 is 0 Å². The van der Waals surface area contributed by atoms with Gasteiger partial charge < -0.3 is 5.32 Å². The highest BCUT2D eigenvalue weighted by Crippen LogP contribution is 2.32. The van der Waals surface area contributed by atoms with E-state index in [0.717, 1.165) is 17.7 Å². The molecule has 0 aromatic heterocycles. The van der Waals surface area contributed by atoms with Crippen LogP contribution in [0, 0.1) is 6.92 Å². The number of benzene rings is 2. The van der Waals surface area contributed by atoms with Crippen molar-refractivity contribution < 1.29 is 0 Å². The van der Waals surface area contributed by atoms with Crippen LogP contribution in [0.4, 0.5) is 0 Å². The van der Waals surface area contributed by atoms with E-state index in [-0.39, 0.29) is 5.54 Å². The maximum atomic E-state index is 4.10. The first-order valence-electron chi connectivity index (χ1n) is 12.0. The smallest absolute Gasteiger partial charge is 0.0630 e. The maximum absolute atomic E-state index is 4.10. The average Bonchev–Trinajstić information content (AvgIpc) is 2.76. The summed E-state index contributed by atoms with van der Waals surface area (Å²) in [5.74, 6) is 0. The van der Waals surface area contributed by atoms with Crippen molar-refractivity contribution in [1.29, 1.82) is 0 Å². The van der Waals surface area contributed by atoms with Gasteiger partial charge in [0, 0.05) is 5.70 Å². The number of rotatable bonds is 7. The third kappa shape index (κ3) is 12.2. The third-order valence-corrected chi connectivity index (χ3v) is 4.50. The monoisotopic (exact) mass is 423 g/mol. The Labute approximate surface area is 194 Å². The van der Waals surface area contributed by atoms with E-state index in [2.05, 4.69) is 102 Å². The van der Waals surface area contributed by atoms with Gasteiger partial charge in [0.1, 0.15) is 0 Å². The first kappa shape index (κ1) is 30.9. The van der Waals surface area contributed by atoms with Crippen molar-refractivity contribution in [2.24, 2.45) is 0 Å². The highest BCUT2D eigenvalue weighted by Gasteiger charge is 2.26.